The second-order valence-electron chi connectivity index (χ2n) is 3.61. The molecule has 0 aliphatic carbocycles. The standard InChI is InChI=1S/C11H10ClN3/c12-9-4-2-1-3-7(9)11-8-5-13-6-10(8)14-15-11/h1-4,13H,5-6H2,(H,14,15). The number of hydrogen-bond acceptors (Lipinski definition) is 2. The monoisotopic (exact) mass is 219 g/mol. The van der Waals surface area contributed by atoms with Crippen molar-refractivity contribution in [3.8, 4) is 11.3 Å². The molecule has 0 radical (unpaired) electrons. The molecule has 2 heterocycles. The van der Waals surface area contributed by atoms with Crippen LogP contribution in [0.4, 0.5) is 0 Å². The van der Waals surface area contributed by atoms with Crippen molar-refractivity contribution >= 4 is 11.6 Å². The maximum Gasteiger partial charge on any atom is 0.0984 e. The molecule has 3 rings (SSSR count). The summed E-state index contributed by atoms with van der Waals surface area (Å²) in [6, 6.07) is 7.79. The number of fused-ring (bicyclic) bond motifs is 1. The van der Waals surface area contributed by atoms with E-state index in [1.807, 2.05) is 24.3 Å². The van der Waals surface area contributed by atoms with Crippen molar-refractivity contribution in [2.75, 3.05) is 0 Å². The fourth-order valence-electron chi connectivity index (χ4n) is 1.93. The molecular weight excluding hydrogens is 210 g/mol. The fraction of sp³-hybridized carbons (Fsp3) is 0.182. The zero-order valence-corrected chi connectivity index (χ0v) is 8.80. The summed E-state index contributed by atoms with van der Waals surface area (Å²) >= 11 is 6.14. The molecule has 0 saturated carbocycles. The summed E-state index contributed by atoms with van der Waals surface area (Å²) in [5.74, 6) is 0. The van der Waals surface area contributed by atoms with E-state index in [2.05, 4.69) is 15.5 Å². The summed E-state index contributed by atoms with van der Waals surface area (Å²) in [6.45, 7) is 1.74. The molecule has 15 heavy (non-hydrogen) atoms. The van der Waals surface area contributed by atoms with Crippen LogP contribution in [0.1, 0.15) is 11.3 Å². The van der Waals surface area contributed by atoms with Gasteiger partial charge >= 0.3 is 0 Å². The number of rotatable bonds is 1. The molecule has 0 amide bonds. The highest BCUT2D eigenvalue weighted by Crippen LogP contribution is 2.31. The van der Waals surface area contributed by atoms with E-state index in [0.717, 1.165) is 29.4 Å². The molecule has 0 saturated heterocycles. The van der Waals surface area contributed by atoms with Crippen molar-refractivity contribution < 1.29 is 0 Å². The van der Waals surface area contributed by atoms with Gasteiger partial charge in [0.1, 0.15) is 0 Å². The van der Waals surface area contributed by atoms with Crippen LogP contribution < -0.4 is 5.32 Å². The molecule has 1 aromatic heterocycles. The van der Waals surface area contributed by atoms with Gasteiger partial charge in [0.15, 0.2) is 0 Å². The smallest absolute Gasteiger partial charge is 0.0984 e. The average molecular weight is 220 g/mol. The molecule has 3 nitrogen and oxygen atoms in total. The number of halogens is 1. The van der Waals surface area contributed by atoms with Gasteiger partial charge in [-0.2, -0.15) is 5.10 Å². The Bertz CT molecular complexity index is 504. The van der Waals surface area contributed by atoms with Crippen LogP contribution in [-0.2, 0) is 13.1 Å². The topological polar surface area (TPSA) is 40.7 Å². The molecule has 76 valence electrons. The summed E-state index contributed by atoms with van der Waals surface area (Å²) in [7, 11) is 0. The van der Waals surface area contributed by atoms with Crippen LogP contribution in [-0.4, -0.2) is 10.2 Å². The highest BCUT2D eigenvalue weighted by molar-refractivity contribution is 6.33. The van der Waals surface area contributed by atoms with Crippen molar-refractivity contribution in [1.82, 2.24) is 15.5 Å². The largest absolute Gasteiger partial charge is 0.307 e. The summed E-state index contributed by atoms with van der Waals surface area (Å²) < 4.78 is 0. The third kappa shape index (κ3) is 1.35. The van der Waals surface area contributed by atoms with E-state index in [1.165, 1.54) is 11.3 Å². The zero-order chi connectivity index (χ0) is 10.3. The fourth-order valence-corrected chi connectivity index (χ4v) is 2.15. The summed E-state index contributed by atoms with van der Waals surface area (Å²) in [5.41, 5.74) is 4.38. The molecule has 2 N–H and O–H groups in total. The van der Waals surface area contributed by atoms with Crippen LogP contribution in [0.15, 0.2) is 24.3 Å². The van der Waals surface area contributed by atoms with Crippen molar-refractivity contribution in [2.24, 2.45) is 0 Å². The van der Waals surface area contributed by atoms with Crippen LogP contribution in [0.5, 0.6) is 0 Å². The van der Waals surface area contributed by atoms with Crippen molar-refractivity contribution in [1.29, 1.82) is 0 Å². The van der Waals surface area contributed by atoms with Crippen LogP contribution in [0.25, 0.3) is 11.3 Å². The minimum Gasteiger partial charge on any atom is -0.307 e. The van der Waals surface area contributed by atoms with Crippen molar-refractivity contribution in [2.45, 2.75) is 13.1 Å². The van der Waals surface area contributed by atoms with Crippen LogP contribution in [0.2, 0.25) is 5.02 Å². The second-order valence-corrected chi connectivity index (χ2v) is 4.02. The quantitative estimate of drug-likeness (QED) is 0.773. The molecule has 1 aliphatic rings. The number of H-pyrrole nitrogens is 1. The van der Waals surface area contributed by atoms with Gasteiger partial charge in [0.2, 0.25) is 0 Å². The molecule has 0 atom stereocenters. The Balaban J connectivity index is 2.17. The first-order chi connectivity index (χ1) is 7.36. The summed E-state index contributed by atoms with van der Waals surface area (Å²) in [5, 5.41) is 11.4. The highest BCUT2D eigenvalue weighted by Gasteiger charge is 2.19. The van der Waals surface area contributed by atoms with Gasteiger partial charge in [0.05, 0.1) is 16.4 Å². The molecule has 0 spiro atoms. The highest BCUT2D eigenvalue weighted by atomic mass is 35.5. The molecule has 2 aromatic rings. The lowest BCUT2D eigenvalue weighted by Gasteiger charge is -2.01. The van der Waals surface area contributed by atoms with E-state index in [9.17, 15) is 0 Å². The number of hydrogen-bond donors (Lipinski definition) is 2. The average Bonchev–Trinajstić information content (AvgIpc) is 2.80. The molecule has 4 heteroatoms. The Morgan fingerprint density at radius 1 is 1.20 bits per heavy atom. The van der Waals surface area contributed by atoms with E-state index in [4.69, 9.17) is 11.6 Å². The van der Waals surface area contributed by atoms with Gasteiger partial charge < -0.3 is 5.32 Å². The van der Waals surface area contributed by atoms with Gasteiger partial charge in [0.25, 0.3) is 0 Å². The predicted molar refractivity (Wildman–Crippen MR) is 59.6 cm³/mol. The van der Waals surface area contributed by atoms with E-state index < -0.39 is 0 Å². The first-order valence-corrected chi connectivity index (χ1v) is 5.26. The van der Waals surface area contributed by atoms with E-state index in [0.29, 0.717) is 0 Å². The minimum atomic E-state index is 0.749. The first-order valence-electron chi connectivity index (χ1n) is 4.88. The number of aromatic nitrogens is 2. The Hall–Kier alpha value is -1.32. The summed E-state index contributed by atoms with van der Waals surface area (Å²) in [4.78, 5) is 0. The molecule has 0 bridgehead atoms. The normalized spacial score (nSPS) is 14.2. The van der Waals surface area contributed by atoms with Crippen molar-refractivity contribution in [3.63, 3.8) is 0 Å². The number of nitrogens with one attached hydrogen (secondary N) is 2. The molecular formula is C11H10ClN3. The van der Waals surface area contributed by atoms with Gasteiger partial charge in [-0.3, -0.25) is 5.10 Å². The van der Waals surface area contributed by atoms with Gasteiger partial charge in [-0.25, -0.2) is 0 Å². The Morgan fingerprint density at radius 3 is 2.93 bits per heavy atom. The maximum atomic E-state index is 6.14. The van der Waals surface area contributed by atoms with E-state index in [-0.39, 0.29) is 0 Å². The molecule has 1 aliphatic heterocycles. The number of nitrogens with zero attached hydrogens (tertiary/aromatic N) is 1. The van der Waals surface area contributed by atoms with E-state index >= 15 is 0 Å². The first kappa shape index (κ1) is 8.95. The number of aromatic amines is 1. The zero-order valence-electron chi connectivity index (χ0n) is 8.05. The molecule has 0 unspecified atom stereocenters. The Morgan fingerprint density at radius 2 is 2.07 bits per heavy atom. The lowest BCUT2D eigenvalue weighted by Crippen LogP contribution is -2.02. The lowest BCUT2D eigenvalue weighted by molar-refractivity contribution is 0.743. The van der Waals surface area contributed by atoms with Gasteiger partial charge in [-0.05, 0) is 6.07 Å². The van der Waals surface area contributed by atoms with Gasteiger partial charge in [-0.15, -0.1) is 0 Å². The van der Waals surface area contributed by atoms with Crippen LogP contribution >= 0.6 is 11.6 Å². The SMILES string of the molecule is Clc1ccccc1-c1n[nH]c2c1CNC2. The molecule has 1 aromatic carbocycles. The third-order valence-corrected chi connectivity index (χ3v) is 3.01. The van der Waals surface area contributed by atoms with Crippen LogP contribution in [0.3, 0.4) is 0 Å². The molecule has 0 fully saturated rings. The predicted octanol–water partition coefficient (Wildman–Crippen LogP) is 2.33. The summed E-state index contributed by atoms with van der Waals surface area (Å²) in [6.07, 6.45) is 0. The van der Waals surface area contributed by atoms with Crippen LogP contribution in [0, 0.1) is 0 Å². The minimum absolute atomic E-state index is 0.749. The van der Waals surface area contributed by atoms with Crippen molar-refractivity contribution in [3.05, 3.63) is 40.5 Å². The maximum absolute atomic E-state index is 6.14. The number of benzene rings is 1. The Labute approximate surface area is 92.5 Å². The van der Waals surface area contributed by atoms with Gasteiger partial charge in [0, 0.05) is 24.2 Å². The Kier molecular flexibility index (Phi) is 2.01. The second kappa shape index (κ2) is 3.36. The third-order valence-electron chi connectivity index (χ3n) is 2.69. The van der Waals surface area contributed by atoms with E-state index in [1.54, 1.807) is 0 Å². The lowest BCUT2D eigenvalue weighted by atomic mass is 10.1. The van der Waals surface area contributed by atoms with Gasteiger partial charge in [-0.1, -0.05) is 29.8 Å².